The molecule has 0 aliphatic heterocycles. The van der Waals surface area contributed by atoms with Gasteiger partial charge in [-0.3, -0.25) is 25.1 Å². The van der Waals surface area contributed by atoms with Crippen molar-refractivity contribution in [2.75, 3.05) is 5.32 Å². The lowest BCUT2D eigenvalue weighted by Gasteiger charge is -2.10. The first kappa shape index (κ1) is 18.5. The molecule has 4 heterocycles. The van der Waals surface area contributed by atoms with Crippen LogP contribution in [-0.4, -0.2) is 35.3 Å². The van der Waals surface area contributed by atoms with E-state index in [1.54, 1.807) is 42.7 Å². The number of H-pyrrole nitrogens is 3. The predicted octanol–water partition coefficient (Wildman–Crippen LogP) is 4.27. The van der Waals surface area contributed by atoms with Gasteiger partial charge in [0.15, 0.2) is 11.6 Å². The number of hydrogen-bond acceptors (Lipinski definition) is 6. The number of para-hydroxylation sites is 1. The van der Waals surface area contributed by atoms with Crippen LogP contribution >= 0.6 is 11.6 Å². The fraction of sp³-hybridized carbons (Fsp3) is 0. The quantitative estimate of drug-likeness (QED) is 0.321. The standard InChI is InChI=1S/C21H12ClFN8O/c22-16-10(4-5-13-15(16)21(32)31-28-13)19-25-14-8-24-7-6-9(14)18(26-19)27-20-11-2-1-3-12(23)17(11)29-30-20/h1-8H,(H2,28,31,32)(H2,25,26,27,29,30). The van der Waals surface area contributed by atoms with E-state index in [4.69, 9.17) is 11.6 Å². The Balaban J connectivity index is 1.56. The zero-order chi connectivity index (χ0) is 21.8. The molecule has 11 heteroatoms. The lowest BCUT2D eigenvalue weighted by atomic mass is 10.1. The van der Waals surface area contributed by atoms with Gasteiger partial charge >= 0.3 is 0 Å². The number of benzene rings is 2. The fourth-order valence-corrected chi connectivity index (χ4v) is 4.01. The van der Waals surface area contributed by atoms with Crippen molar-refractivity contribution in [2.45, 2.75) is 0 Å². The van der Waals surface area contributed by atoms with Crippen molar-refractivity contribution in [3.8, 4) is 11.4 Å². The third-order valence-corrected chi connectivity index (χ3v) is 5.60. The molecule has 0 saturated carbocycles. The molecule has 0 aliphatic carbocycles. The van der Waals surface area contributed by atoms with Gasteiger partial charge in [-0.15, -0.1) is 0 Å². The molecule has 0 amide bonds. The number of nitrogens with zero attached hydrogens (tertiary/aromatic N) is 4. The van der Waals surface area contributed by atoms with Crippen LogP contribution in [0.2, 0.25) is 5.02 Å². The Morgan fingerprint density at radius 1 is 1.00 bits per heavy atom. The van der Waals surface area contributed by atoms with Crippen LogP contribution in [0, 0.1) is 5.82 Å². The minimum atomic E-state index is -0.405. The maximum absolute atomic E-state index is 14.1. The first-order valence-electron chi connectivity index (χ1n) is 9.51. The molecule has 0 bridgehead atoms. The molecule has 32 heavy (non-hydrogen) atoms. The Bertz CT molecular complexity index is 1720. The number of rotatable bonds is 3. The molecular weight excluding hydrogens is 435 g/mol. The zero-order valence-electron chi connectivity index (χ0n) is 16.1. The first-order valence-corrected chi connectivity index (χ1v) is 9.88. The molecule has 4 N–H and O–H groups in total. The van der Waals surface area contributed by atoms with Crippen molar-refractivity contribution >= 4 is 55.9 Å². The van der Waals surface area contributed by atoms with Crippen LogP contribution in [0.15, 0.2) is 53.6 Å². The van der Waals surface area contributed by atoms with E-state index in [2.05, 4.69) is 40.7 Å². The number of fused-ring (bicyclic) bond motifs is 3. The molecule has 0 radical (unpaired) electrons. The summed E-state index contributed by atoms with van der Waals surface area (Å²) in [6.07, 6.45) is 3.22. The average Bonchev–Trinajstić information content (AvgIpc) is 3.39. The number of hydrogen-bond donors (Lipinski definition) is 4. The molecule has 156 valence electrons. The van der Waals surface area contributed by atoms with Gasteiger partial charge in [-0.2, -0.15) is 5.10 Å². The van der Waals surface area contributed by atoms with Crippen molar-refractivity contribution in [3.63, 3.8) is 0 Å². The van der Waals surface area contributed by atoms with Crippen LogP contribution in [-0.2, 0) is 0 Å². The normalized spacial score (nSPS) is 11.6. The molecule has 0 fully saturated rings. The molecule has 0 saturated heterocycles. The predicted molar refractivity (Wildman–Crippen MR) is 120 cm³/mol. The average molecular weight is 447 g/mol. The number of aromatic nitrogens is 7. The van der Waals surface area contributed by atoms with Gasteiger partial charge in [0.2, 0.25) is 0 Å². The maximum atomic E-state index is 14.1. The van der Waals surface area contributed by atoms with Crippen molar-refractivity contribution in [1.29, 1.82) is 0 Å². The molecule has 9 nitrogen and oxygen atoms in total. The first-order chi connectivity index (χ1) is 15.6. The third-order valence-electron chi connectivity index (χ3n) is 5.20. The second-order valence-corrected chi connectivity index (χ2v) is 7.46. The molecule has 4 aromatic heterocycles. The van der Waals surface area contributed by atoms with Crippen LogP contribution in [0.25, 0.3) is 44.1 Å². The molecule has 6 aromatic rings. The van der Waals surface area contributed by atoms with Crippen molar-refractivity contribution < 1.29 is 4.39 Å². The molecular formula is C21H12ClFN8O. The van der Waals surface area contributed by atoms with Crippen LogP contribution in [0.5, 0.6) is 0 Å². The fourth-order valence-electron chi connectivity index (χ4n) is 3.67. The molecule has 2 aromatic carbocycles. The highest BCUT2D eigenvalue weighted by atomic mass is 35.5. The summed E-state index contributed by atoms with van der Waals surface area (Å²) in [5.41, 5.74) is 1.57. The smallest absolute Gasteiger partial charge is 0.273 e. The van der Waals surface area contributed by atoms with Crippen molar-refractivity contribution in [3.05, 3.63) is 70.0 Å². The Kier molecular flexibility index (Phi) is 3.95. The largest absolute Gasteiger partial charge is 0.322 e. The summed E-state index contributed by atoms with van der Waals surface area (Å²) in [7, 11) is 0. The van der Waals surface area contributed by atoms with Crippen LogP contribution in [0.3, 0.4) is 0 Å². The van der Waals surface area contributed by atoms with Crippen molar-refractivity contribution in [2.24, 2.45) is 0 Å². The number of halogens is 2. The summed E-state index contributed by atoms with van der Waals surface area (Å²) in [5.74, 6) is 0.735. The lowest BCUT2D eigenvalue weighted by Crippen LogP contribution is -2.02. The Morgan fingerprint density at radius 2 is 1.91 bits per heavy atom. The Hall–Kier alpha value is -4.31. The topological polar surface area (TPSA) is 128 Å². The van der Waals surface area contributed by atoms with Crippen LogP contribution < -0.4 is 10.9 Å². The zero-order valence-corrected chi connectivity index (χ0v) is 16.8. The van der Waals surface area contributed by atoms with Gasteiger partial charge in [-0.25, -0.2) is 14.4 Å². The number of pyridine rings is 1. The number of nitrogens with one attached hydrogen (secondary N) is 4. The highest BCUT2D eigenvalue weighted by molar-refractivity contribution is 6.38. The molecule has 0 unspecified atom stereocenters. The summed E-state index contributed by atoms with van der Waals surface area (Å²) < 4.78 is 14.1. The Morgan fingerprint density at radius 3 is 2.81 bits per heavy atom. The van der Waals surface area contributed by atoms with Gasteiger partial charge in [-0.05, 0) is 30.3 Å². The summed E-state index contributed by atoms with van der Waals surface area (Å²) in [5, 5.41) is 17.2. The highest BCUT2D eigenvalue weighted by Crippen LogP contribution is 2.34. The van der Waals surface area contributed by atoms with E-state index >= 15 is 0 Å². The van der Waals surface area contributed by atoms with Gasteiger partial charge in [0.25, 0.3) is 5.56 Å². The maximum Gasteiger partial charge on any atom is 0.273 e. The van der Waals surface area contributed by atoms with Crippen LogP contribution in [0.1, 0.15) is 0 Å². The van der Waals surface area contributed by atoms with E-state index in [-0.39, 0.29) is 16.1 Å². The van der Waals surface area contributed by atoms with Gasteiger partial charge < -0.3 is 5.32 Å². The van der Waals surface area contributed by atoms with E-state index in [0.717, 1.165) is 0 Å². The summed E-state index contributed by atoms with van der Waals surface area (Å²) in [4.78, 5) is 25.5. The highest BCUT2D eigenvalue weighted by Gasteiger charge is 2.18. The Labute approximate surface area is 182 Å². The molecule has 0 aliphatic rings. The summed E-state index contributed by atoms with van der Waals surface area (Å²) >= 11 is 6.55. The second kappa shape index (κ2) is 6.86. The van der Waals surface area contributed by atoms with Crippen LogP contribution in [0.4, 0.5) is 16.0 Å². The number of anilines is 2. The molecule has 0 atom stereocenters. The monoisotopic (exact) mass is 446 g/mol. The van der Waals surface area contributed by atoms with Gasteiger partial charge in [0, 0.05) is 22.5 Å². The van der Waals surface area contributed by atoms with E-state index in [0.29, 0.717) is 50.2 Å². The third kappa shape index (κ3) is 2.73. The van der Waals surface area contributed by atoms with E-state index in [1.807, 2.05) is 0 Å². The van der Waals surface area contributed by atoms with Crippen molar-refractivity contribution in [1.82, 2.24) is 35.3 Å². The SMILES string of the molecule is O=c1[nH][nH]c2ccc(-c3nc(Nc4n[nH]c5c(F)cccc45)c4ccncc4n3)c(Cl)c12. The second-order valence-electron chi connectivity index (χ2n) is 7.08. The van der Waals surface area contributed by atoms with E-state index < -0.39 is 5.82 Å². The van der Waals surface area contributed by atoms with E-state index in [9.17, 15) is 9.18 Å². The minimum absolute atomic E-state index is 0.228. The summed E-state index contributed by atoms with van der Waals surface area (Å²) in [6.45, 7) is 0. The lowest BCUT2D eigenvalue weighted by molar-refractivity contribution is 0.636. The molecule has 6 rings (SSSR count). The summed E-state index contributed by atoms with van der Waals surface area (Å²) in [6, 6.07) is 9.93. The number of aromatic amines is 3. The van der Waals surface area contributed by atoms with Gasteiger partial charge in [-0.1, -0.05) is 17.7 Å². The molecule has 0 spiro atoms. The van der Waals surface area contributed by atoms with Gasteiger partial charge in [0.05, 0.1) is 27.6 Å². The van der Waals surface area contributed by atoms with E-state index in [1.165, 1.54) is 6.07 Å². The minimum Gasteiger partial charge on any atom is -0.322 e. The van der Waals surface area contributed by atoms with Gasteiger partial charge in [0.1, 0.15) is 17.2 Å².